The Morgan fingerprint density at radius 1 is 1.50 bits per heavy atom. The summed E-state index contributed by atoms with van der Waals surface area (Å²) in [6.45, 7) is 3.90. The summed E-state index contributed by atoms with van der Waals surface area (Å²) in [6.07, 6.45) is 3.91. The van der Waals surface area contributed by atoms with E-state index in [1.54, 1.807) is 0 Å². The zero-order valence-corrected chi connectivity index (χ0v) is 8.15. The molecule has 1 aromatic rings. The lowest BCUT2D eigenvalue weighted by atomic mass is 9.96. The van der Waals surface area contributed by atoms with Gasteiger partial charge in [-0.15, -0.1) is 0 Å². The van der Waals surface area contributed by atoms with E-state index in [0.717, 1.165) is 11.3 Å². The molecule has 0 amide bonds. The molecule has 2 aliphatic rings. The lowest BCUT2D eigenvalue weighted by molar-refractivity contribution is -0.144. The highest BCUT2D eigenvalue weighted by Crippen LogP contribution is 2.45. The Morgan fingerprint density at radius 2 is 2.29 bits per heavy atom. The number of esters is 1. The summed E-state index contributed by atoms with van der Waals surface area (Å²) in [4.78, 5) is 11.5. The van der Waals surface area contributed by atoms with Crippen LogP contribution in [0.4, 0.5) is 0 Å². The van der Waals surface area contributed by atoms with Crippen LogP contribution in [0.15, 0.2) is 23.9 Å². The number of carbonyl (C=O) groups is 1. The van der Waals surface area contributed by atoms with Crippen molar-refractivity contribution in [3.05, 3.63) is 29.6 Å². The van der Waals surface area contributed by atoms with Gasteiger partial charge >= 0.3 is 5.97 Å². The first-order chi connectivity index (χ1) is 6.59. The lowest BCUT2D eigenvalue weighted by Gasteiger charge is -2.24. The van der Waals surface area contributed by atoms with E-state index in [0.29, 0.717) is 0 Å². The maximum Gasteiger partial charge on any atom is 0.336 e. The van der Waals surface area contributed by atoms with Gasteiger partial charge in [-0.1, -0.05) is 0 Å². The SMILES string of the molecule is CC1(C)OC(=O)C2=Cc3cccn3C21. The summed E-state index contributed by atoms with van der Waals surface area (Å²) in [7, 11) is 0. The summed E-state index contributed by atoms with van der Waals surface area (Å²) in [5.41, 5.74) is 1.45. The van der Waals surface area contributed by atoms with Crippen molar-refractivity contribution in [2.75, 3.05) is 0 Å². The molecule has 3 nitrogen and oxygen atoms in total. The van der Waals surface area contributed by atoms with Crippen molar-refractivity contribution in [3.8, 4) is 0 Å². The largest absolute Gasteiger partial charge is 0.454 e. The molecular weight excluding hydrogens is 178 g/mol. The molecule has 0 spiro atoms. The van der Waals surface area contributed by atoms with Crippen LogP contribution in [0.2, 0.25) is 0 Å². The van der Waals surface area contributed by atoms with E-state index >= 15 is 0 Å². The maximum atomic E-state index is 11.5. The van der Waals surface area contributed by atoms with Gasteiger partial charge in [0.05, 0.1) is 5.57 Å². The Labute approximate surface area is 82.0 Å². The first kappa shape index (κ1) is 7.85. The molecule has 72 valence electrons. The smallest absolute Gasteiger partial charge is 0.336 e. The average Bonchev–Trinajstić information content (AvgIpc) is 2.61. The number of ether oxygens (including phenoxy) is 1. The lowest BCUT2D eigenvalue weighted by Crippen LogP contribution is -2.29. The zero-order valence-electron chi connectivity index (χ0n) is 8.15. The van der Waals surface area contributed by atoms with Gasteiger partial charge in [0.2, 0.25) is 0 Å². The van der Waals surface area contributed by atoms with Crippen LogP contribution in [-0.4, -0.2) is 16.1 Å². The number of carbonyl (C=O) groups excluding carboxylic acids is 1. The Kier molecular flexibility index (Phi) is 1.18. The first-order valence-electron chi connectivity index (χ1n) is 4.71. The van der Waals surface area contributed by atoms with E-state index in [2.05, 4.69) is 4.57 Å². The molecule has 0 aromatic carbocycles. The van der Waals surface area contributed by atoms with Crippen LogP contribution in [-0.2, 0) is 9.53 Å². The van der Waals surface area contributed by atoms with Gasteiger partial charge in [-0.2, -0.15) is 0 Å². The molecule has 2 aliphatic heterocycles. The third-order valence-corrected chi connectivity index (χ3v) is 2.94. The van der Waals surface area contributed by atoms with Gasteiger partial charge in [0.25, 0.3) is 0 Å². The zero-order chi connectivity index (χ0) is 9.92. The molecule has 0 saturated carbocycles. The number of hydrogen-bond donors (Lipinski definition) is 0. The van der Waals surface area contributed by atoms with Crippen LogP contribution in [0, 0.1) is 0 Å². The Morgan fingerprint density at radius 3 is 3.07 bits per heavy atom. The third-order valence-electron chi connectivity index (χ3n) is 2.94. The van der Waals surface area contributed by atoms with E-state index in [1.165, 1.54) is 0 Å². The van der Waals surface area contributed by atoms with Crippen LogP contribution in [0.1, 0.15) is 25.6 Å². The van der Waals surface area contributed by atoms with Gasteiger partial charge in [0.1, 0.15) is 11.6 Å². The highest BCUT2D eigenvalue weighted by molar-refractivity contribution is 5.98. The Bertz CT molecular complexity index is 454. The molecule has 3 heteroatoms. The van der Waals surface area contributed by atoms with Crippen LogP contribution in [0.3, 0.4) is 0 Å². The van der Waals surface area contributed by atoms with E-state index in [9.17, 15) is 4.79 Å². The second kappa shape index (κ2) is 2.11. The summed E-state index contributed by atoms with van der Waals surface area (Å²) in [6, 6.07) is 4.05. The molecule has 14 heavy (non-hydrogen) atoms. The highest BCUT2D eigenvalue weighted by Gasteiger charge is 2.49. The number of cyclic esters (lactones) is 1. The van der Waals surface area contributed by atoms with Crippen molar-refractivity contribution in [3.63, 3.8) is 0 Å². The molecule has 1 aromatic heterocycles. The Hall–Kier alpha value is -1.51. The molecule has 1 saturated heterocycles. The normalized spacial score (nSPS) is 26.9. The molecular formula is C11H11NO2. The quantitative estimate of drug-likeness (QED) is 0.582. The van der Waals surface area contributed by atoms with Gasteiger partial charge in [-0.25, -0.2) is 4.79 Å². The minimum Gasteiger partial charge on any atom is -0.454 e. The highest BCUT2D eigenvalue weighted by atomic mass is 16.6. The van der Waals surface area contributed by atoms with Gasteiger partial charge in [0, 0.05) is 11.9 Å². The van der Waals surface area contributed by atoms with Crippen LogP contribution >= 0.6 is 0 Å². The number of fused-ring (bicyclic) bond motifs is 3. The fourth-order valence-corrected chi connectivity index (χ4v) is 2.39. The molecule has 1 unspecified atom stereocenters. The minimum atomic E-state index is -0.423. The number of nitrogens with zero attached hydrogens (tertiary/aromatic N) is 1. The van der Waals surface area contributed by atoms with Gasteiger partial charge in [-0.3, -0.25) is 0 Å². The molecule has 0 bridgehead atoms. The monoisotopic (exact) mass is 189 g/mol. The molecule has 1 atom stereocenters. The first-order valence-corrected chi connectivity index (χ1v) is 4.71. The molecule has 3 rings (SSSR count). The molecule has 3 heterocycles. The van der Waals surface area contributed by atoms with E-state index in [1.807, 2.05) is 38.3 Å². The summed E-state index contributed by atoms with van der Waals surface area (Å²) < 4.78 is 7.41. The summed E-state index contributed by atoms with van der Waals surface area (Å²) in [5, 5.41) is 0. The maximum absolute atomic E-state index is 11.5. The van der Waals surface area contributed by atoms with E-state index in [4.69, 9.17) is 4.74 Å². The summed E-state index contributed by atoms with van der Waals surface area (Å²) >= 11 is 0. The predicted octanol–water partition coefficient (Wildman–Crippen LogP) is 1.76. The summed E-state index contributed by atoms with van der Waals surface area (Å²) in [5.74, 6) is -0.177. The van der Waals surface area contributed by atoms with Crippen molar-refractivity contribution in [2.24, 2.45) is 0 Å². The fraction of sp³-hybridized carbons (Fsp3) is 0.364. The van der Waals surface area contributed by atoms with Crippen molar-refractivity contribution >= 4 is 12.0 Å². The van der Waals surface area contributed by atoms with Crippen molar-refractivity contribution in [1.82, 2.24) is 4.57 Å². The third kappa shape index (κ3) is 0.750. The van der Waals surface area contributed by atoms with Gasteiger partial charge < -0.3 is 9.30 Å². The average molecular weight is 189 g/mol. The van der Waals surface area contributed by atoms with Crippen molar-refractivity contribution < 1.29 is 9.53 Å². The van der Waals surface area contributed by atoms with Gasteiger partial charge in [0.15, 0.2) is 0 Å². The number of aromatic nitrogens is 1. The molecule has 0 N–H and O–H groups in total. The van der Waals surface area contributed by atoms with Gasteiger partial charge in [-0.05, 0) is 32.1 Å². The van der Waals surface area contributed by atoms with Crippen molar-refractivity contribution in [1.29, 1.82) is 0 Å². The van der Waals surface area contributed by atoms with E-state index in [-0.39, 0.29) is 12.0 Å². The van der Waals surface area contributed by atoms with Crippen LogP contribution in [0.5, 0.6) is 0 Å². The minimum absolute atomic E-state index is 0.0556. The second-order valence-corrected chi connectivity index (χ2v) is 4.34. The molecule has 0 radical (unpaired) electrons. The number of hydrogen-bond acceptors (Lipinski definition) is 2. The second-order valence-electron chi connectivity index (χ2n) is 4.34. The van der Waals surface area contributed by atoms with Crippen molar-refractivity contribution in [2.45, 2.75) is 25.5 Å². The topological polar surface area (TPSA) is 31.2 Å². The number of rotatable bonds is 0. The van der Waals surface area contributed by atoms with E-state index < -0.39 is 5.60 Å². The fourth-order valence-electron chi connectivity index (χ4n) is 2.39. The standard InChI is InChI=1S/C11H11NO2/c1-11(2)9-8(10(13)14-11)6-7-4-3-5-12(7)9/h3-6,9H,1-2H3. The van der Waals surface area contributed by atoms with Crippen LogP contribution < -0.4 is 0 Å². The Balaban J connectivity index is 2.22. The molecule has 1 fully saturated rings. The predicted molar refractivity (Wildman–Crippen MR) is 51.6 cm³/mol. The molecule has 0 aliphatic carbocycles. The van der Waals surface area contributed by atoms with Crippen LogP contribution in [0.25, 0.3) is 6.08 Å².